The number of carbonyl (C=O) groups excluding carboxylic acids is 1. The van der Waals surface area contributed by atoms with E-state index in [-0.39, 0.29) is 30.3 Å². The number of methoxy groups -OCH3 is 1. The van der Waals surface area contributed by atoms with E-state index in [2.05, 4.69) is 4.74 Å². The van der Waals surface area contributed by atoms with Crippen LogP contribution < -0.4 is 4.74 Å². The predicted octanol–water partition coefficient (Wildman–Crippen LogP) is 2.39. The van der Waals surface area contributed by atoms with Crippen LogP contribution in [0.25, 0.3) is 0 Å². The second-order valence-electron chi connectivity index (χ2n) is 4.49. The summed E-state index contributed by atoms with van der Waals surface area (Å²) in [5.74, 6) is -0.995. The highest BCUT2D eigenvalue weighted by Crippen LogP contribution is 2.37. The smallest absolute Gasteiger partial charge is 0.309 e. The summed E-state index contributed by atoms with van der Waals surface area (Å²) >= 11 is 0. The van der Waals surface area contributed by atoms with Gasteiger partial charge in [-0.25, -0.2) is 0 Å². The van der Waals surface area contributed by atoms with Gasteiger partial charge in [-0.1, -0.05) is 30.3 Å². The van der Waals surface area contributed by atoms with Crippen LogP contribution in [0.1, 0.15) is 11.1 Å². The number of hydrogen-bond acceptors (Lipinski definition) is 5. The van der Waals surface area contributed by atoms with Gasteiger partial charge in [-0.05, 0) is 23.3 Å². The Labute approximate surface area is 122 Å². The Morgan fingerprint density at radius 3 is 2.48 bits per heavy atom. The molecule has 0 aliphatic heterocycles. The molecule has 2 aromatic carbocycles. The second-order valence-corrected chi connectivity index (χ2v) is 4.49. The number of hydrogen-bond donors (Lipinski definition) is 2. The number of phenols is 2. The van der Waals surface area contributed by atoms with Crippen LogP contribution in [0.2, 0.25) is 0 Å². The lowest BCUT2D eigenvalue weighted by Crippen LogP contribution is -2.05. The fraction of sp³-hybridized carbons (Fsp3) is 0.188. The molecule has 5 nitrogen and oxygen atoms in total. The average molecular weight is 288 g/mol. The SMILES string of the molecule is COC(=O)Cc1cc(O)c(O)c(OCc2ccccc2)c1. The third kappa shape index (κ3) is 3.89. The summed E-state index contributed by atoms with van der Waals surface area (Å²) in [6, 6.07) is 12.2. The quantitative estimate of drug-likeness (QED) is 0.652. The number of aromatic hydroxyl groups is 2. The van der Waals surface area contributed by atoms with Crippen LogP contribution in [-0.2, 0) is 22.6 Å². The predicted molar refractivity (Wildman–Crippen MR) is 76.3 cm³/mol. The van der Waals surface area contributed by atoms with Crippen LogP contribution in [0.5, 0.6) is 17.2 Å². The Bertz CT molecular complexity index is 622. The average Bonchev–Trinajstić information content (AvgIpc) is 2.50. The highest BCUT2D eigenvalue weighted by Gasteiger charge is 2.13. The summed E-state index contributed by atoms with van der Waals surface area (Å²) in [5.41, 5.74) is 1.43. The third-order valence-corrected chi connectivity index (χ3v) is 2.93. The zero-order valence-electron chi connectivity index (χ0n) is 11.6. The van der Waals surface area contributed by atoms with Crippen molar-refractivity contribution >= 4 is 5.97 Å². The van der Waals surface area contributed by atoms with Gasteiger partial charge in [-0.2, -0.15) is 0 Å². The standard InChI is InChI=1S/C16H16O5/c1-20-15(18)9-12-7-13(17)16(19)14(8-12)21-10-11-5-3-2-4-6-11/h2-8,17,19H,9-10H2,1H3. The first-order chi connectivity index (χ1) is 10.1. The summed E-state index contributed by atoms with van der Waals surface area (Å²) in [6.45, 7) is 0.246. The molecule has 0 saturated carbocycles. The van der Waals surface area contributed by atoms with Gasteiger partial charge in [0.1, 0.15) is 6.61 Å². The van der Waals surface area contributed by atoms with Gasteiger partial charge in [-0.3, -0.25) is 4.79 Å². The highest BCUT2D eigenvalue weighted by atomic mass is 16.5. The monoisotopic (exact) mass is 288 g/mol. The molecule has 2 rings (SSSR count). The van der Waals surface area contributed by atoms with Gasteiger partial charge < -0.3 is 19.7 Å². The van der Waals surface area contributed by atoms with Crippen LogP contribution >= 0.6 is 0 Å². The van der Waals surface area contributed by atoms with E-state index in [0.29, 0.717) is 5.56 Å². The molecule has 21 heavy (non-hydrogen) atoms. The lowest BCUT2D eigenvalue weighted by atomic mass is 10.1. The molecule has 0 heterocycles. The van der Waals surface area contributed by atoms with Crippen LogP contribution in [0.3, 0.4) is 0 Å². The van der Waals surface area contributed by atoms with Crippen molar-refractivity contribution in [1.29, 1.82) is 0 Å². The first kappa shape index (κ1) is 14.7. The molecule has 0 spiro atoms. The molecule has 2 aromatic rings. The van der Waals surface area contributed by atoms with Crippen molar-refractivity contribution in [2.45, 2.75) is 13.0 Å². The van der Waals surface area contributed by atoms with E-state index in [1.165, 1.54) is 19.2 Å². The molecule has 0 fully saturated rings. The highest BCUT2D eigenvalue weighted by molar-refractivity contribution is 5.73. The largest absolute Gasteiger partial charge is 0.504 e. The lowest BCUT2D eigenvalue weighted by molar-refractivity contribution is -0.139. The second kappa shape index (κ2) is 6.65. The molecule has 0 atom stereocenters. The lowest BCUT2D eigenvalue weighted by Gasteiger charge is -2.11. The van der Waals surface area contributed by atoms with E-state index in [9.17, 15) is 15.0 Å². The maximum Gasteiger partial charge on any atom is 0.309 e. The van der Waals surface area contributed by atoms with Crippen molar-refractivity contribution in [1.82, 2.24) is 0 Å². The van der Waals surface area contributed by atoms with Crippen molar-refractivity contribution < 1.29 is 24.5 Å². The topological polar surface area (TPSA) is 76.0 Å². The van der Waals surface area contributed by atoms with Crippen LogP contribution in [0, 0.1) is 0 Å². The summed E-state index contributed by atoms with van der Waals surface area (Å²) in [4.78, 5) is 11.3. The van der Waals surface area contributed by atoms with E-state index in [1.54, 1.807) is 0 Å². The van der Waals surface area contributed by atoms with E-state index < -0.39 is 5.97 Å². The van der Waals surface area contributed by atoms with E-state index in [0.717, 1.165) is 5.56 Å². The molecule has 0 saturated heterocycles. The van der Waals surface area contributed by atoms with Crippen molar-refractivity contribution in [3.05, 3.63) is 53.6 Å². The van der Waals surface area contributed by atoms with Gasteiger partial charge in [0.15, 0.2) is 11.5 Å². The Hall–Kier alpha value is -2.69. The molecule has 5 heteroatoms. The fourth-order valence-electron chi connectivity index (χ4n) is 1.83. The van der Waals surface area contributed by atoms with E-state index in [4.69, 9.17) is 4.74 Å². The Kier molecular flexibility index (Phi) is 4.66. The van der Waals surface area contributed by atoms with Gasteiger partial charge in [-0.15, -0.1) is 0 Å². The number of ether oxygens (including phenoxy) is 2. The number of esters is 1. The van der Waals surface area contributed by atoms with Crippen LogP contribution in [0.15, 0.2) is 42.5 Å². The normalized spacial score (nSPS) is 10.1. The maximum absolute atomic E-state index is 11.3. The van der Waals surface area contributed by atoms with Crippen molar-refractivity contribution in [3.8, 4) is 17.2 Å². The van der Waals surface area contributed by atoms with Gasteiger partial charge in [0.05, 0.1) is 13.5 Å². The Morgan fingerprint density at radius 2 is 1.81 bits per heavy atom. The first-order valence-electron chi connectivity index (χ1n) is 6.38. The maximum atomic E-state index is 11.3. The molecule has 110 valence electrons. The number of phenolic OH excluding ortho intramolecular Hbond substituents is 2. The van der Waals surface area contributed by atoms with Crippen LogP contribution in [0.4, 0.5) is 0 Å². The number of carbonyl (C=O) groups is 1. The first-order valence-corrected chi connectivity index (χ1v) is 6.38. The minimum Gasteiger partial charge on any atom is -0.504 e. The van der Waals surface area contributed by atoms with E-state index >= 15 is 0 Å². The molecular formula is C16H16O5. The van der Waals surface area contributed by atoms with Gasteiger partial charge in [0.2, 0.25) is 5.75 Å². The number of rotatable bonds is 5. The fourth-order valence-corrected chi connectivity index (χ4v) is 1.83. The minimum atomic E-state index is -0.436. The molecule has 0 amide bonds. The van der Waals surface area contributed by atoms with Gasteiger partial charge in [0.25, 0.3) is 0 Å². The zero-order valence-corrected chi connectivity index (χ0v) is 11.6. The van der Waals surface area contributed by atoms with Gasteiger partial charge in [0, 0.05) is 0 Å². The molecule has 0 radical (unpaired) electrons. The van der Waals surface area contributed by atoms with Crippen LogP contribution in [-0.4, -0.2) is 23.3 Å². The third-order valence-electron chi connectivity index (χ3n) is 2.93. The van der Waals surface area contributed by atoms with E-state index in [1.807, 2.05) is 30.3 Å². The van der Waals surface area contributed by atoms with Crippen molar-refractivity contribution in [2.75, 3.05) is 7.11 Å². The Balaban J connectivity index is 2.16. The summed E-state index contributed by atoms with van der Waals surface area (Å²) < 4.78 is 10.1. The molecule has 0 bridgehead atoms. The van der Waals surface area contributed by atoms with Crippen molar-refractivity contribution in [3.63, 3.8) is 0 Å². The molecule has 0 unspecified atom stereocenters. The summed E-state index contributed by atoms with van der Waals surface area (Å²) in [6.07, 6.45) is -0.00790. The summed E-state index contributed by atoms with van der Waals surface area (Å²) in [5, 5.41) is 19.5. The molecular weight excluding hydrogens is 272 g/mol. The molecule has 0 aliphatic rings. The zero-order chi connectivity index (χ0) is 15.2. The Morgan fingerprint density at radius 1 is 1.10 bits per heavy atom. The van der Waals surface area contributed by atoms with Gasteiger partial charge >= 0.3 is 5.97 Å². The number of benzene rings is 2. The van der Waals surface area contributed by atoms with Crippen molar-refractivity contribution in [2.24, 2.45) is 0 Å². The molecule has 0 aliphatic carbocycles. The molecule has 2 N–H and O–H groups in total. The molecule has 0 aromatic heterocycles. The summed E-state index contributed by atoms with van der Waals surface area (Å²) in [7, 11) is 1.29. The minimum absolute atomic E-state index is 0.00790.